The normalized spacial score (nSPS) is 16.5. The number of anilines is 1. The Morgan fingerprint density at radius 2 is 1.92 bits per heavy atom. The van der Waals surface area contributed by atoms with Crippen molar-refractivity contribution in [3.8, 4) is 11.5 Å². The van der Waals surface area contributed by atoms with Crippen LogP contribution in [0.4, 0.5) is 5.69 Å². The summed E-state index contributed by atoms with van der Waals surface area (Å²) in [6.07, 6.45) is 2.13. The molecule has 0 unspecified atom stereocenters. The maximum Gasteiger partial charge on any atom is 0.173 e. The molecule has 0 saturated carbocycles. The van der Waals surface area contributed by atoms with Gasteiger partial charge in [-0.05, 0) is 67.4 Å². The lowest BCUT2D eigenvalue weighted by Gasteiger charge is -2.28. The van der Waals surface area contributed by atoms with Gasteiger partial charge in [0.15, 0.2) is 16.6 Å². The van der Waals surface area contributed by atoms with Crippen LogP contribution >= 0.6 is 23.8 Å². The Kier molecular flexibility index (Phi) is 5.89. The van der Waals surface area contributed by atoms with E-state index < -0.39 is 0 Å². The van der Waals surface area contributed by atoms with Crippen LogP contribution in [0, 0.1) is 6.92 Å². The molecule has 1 saturated heterocycles. The molecular weight excluding hydrogens is 368 g/mol. The molecule has 2 aromatic rings. The summed E-state index contributed by atoms with van der Waals surface area (Å²) in [5.74, 6) is 1.46. The van der Waals surface area contributed by atoms with Crippen LogP contribution < -0.4 is 14.8 Å². The van der Waals surface area contributed by atoms with Crippen LogP contribution in [0.1, 0.15) is 30.0 Å². The van der Waals surface area contributed by atoms with Gasteiger partial charge in [0, 0.05) is 6.54 Å². The van der Waals surface area contributed by atoms with Crippen LogP contribution in [0.15, 0.2) is 36.4 Å². The highest BCUT2D eigenvalue weighted by Crippen LogP contribution is 2.37. The van der Waals surface area contributed by atoms with Gasteiger partial charge in [0.05, 0.1) is 31.0 Å². The third-order valence-electron chi connectivity index (χ3n) is 4.67. The molecule has 0 aliphatic carbocycles. The molecule has 0 bridgehead atoms. The van der Waals surface area contributed by atoms with Crippen molar-refractivity contribution in [2.24, 2.45) is 0 Å². The van der Waals surface area contributed by atoms with E-state index in [4.69, 9.17) is 33.3 Å². The van der Waals surface area contributed by atoms with Crippen molar-refractivity contribution in [1.82, 2.24) is 4.90 Å². The molecule has 138 valence electrons. The molecular formula is C20H23ClN2O2S. The maximum atomic E-state index is 6.34. The molecule has 1 N–H and O–H groups in total. The van der Waals surface area contributed by atoms with E-state index >= 15 is 0 Å². The third kappa shape index (κ3) is 3.89. The van der Waals surface area contributed by atoms with Crippen LogP contribution in [0.25, 0.3) is 0 Å². The number of benzene rings is 2. The zero-order chi connectivity index (χ0) is 18.7. The summed E-state index contributed by atoms with van der Waals surface area (Å²) in [5, 5.41) is 4.66. The highest BCUT2D eigenvalue weighted by molar-refractivity contribution is 7.80. The van der Waals surface area contributed by atoms with Crippen molar-refractivity contribution < 1.29 is 9.47 Å². The lowest BCUT2D eigenvalue weighted by Crippen LogP contribution is -2.34. The van der Waals surface area contributed by atoms with Gasteiger partial charge in [0.1, 0.15) is 0 Å². The van der Waals surface area contributed by atoms with Crippen molar-refractivity contribution in [1.29, 1.82) is 0 Å². The lowest BCUT2D eigenvalue weighted by atomic mass is 10.0. The fourth-order valence-electron chi connectivity index (χ4n) is 3.32. The Morgan fingerprint density at radius 1 is 1.15 bits per heavy atom. The zero-order valence-electron chi connectivity index (χ0n) is 15.2. The van der Waals surface area contributed by atoms with Gasteiger partial charge in [0.2, 0.25) is 0 Å². The molecule has 4 nitrogen and oxygen atoms in total. The summed E-state index contributed by atoms with van der Waals surface area (Å²) in [6.45, 7) is 2.93. The predicted molar refractivity (Wildman–Crippen MR) is 111 cm³/mol. The topological polar surface area (TPSA) is 33.7 Å². The summed E-state index contributed by atoms with van der Waals surface area (Å²) in [6, 6.07) is 12.2. The molecule has 2 aromatic carbocycles. The largest absolute Gasteiger partial charge is 0.493 e. The Hall–Kier alpha value is -1.98. The van der Waals surface area contributed by atoms with Gasteiger partial charge in [-0.2, -0.15) is 0 Å². The number of aryl methyl sites for hydroxylation is 1. The summed E-state index contributed by atoms with van der Waals surface area (Å²) < 4.78 is 10.8. The average molecular weight is 391 g/mol. The van der Waals surface area contributed by atoms with Gasteiger partial charge in [-0.1, -0.05) is 23.7 Å². The number of nitrogens with one attached hydrogen (secondary N) is 1. The first-order valence-corrected chi connectivity index (χ1v) is 9.38. The van der Waals surface area contributed by atoms with E-state index in [0.29, 0.717) is 10.1 Å². The Balaban J connectivity index is 1.80. The van der Waals surface area contributed by atoms with Crippen molar-refractivity contribution in [3.63, 3.8) is 0 Å². The maximum absolute atomic E-state index is 6.34. The zero-order valence-corrected chi connectivity index (χ0v) is 16.8. The van der Waals surface area contributed by atoms with E-state index in [2.05, 4.69) is 16.3 Å². The monoisotopic (exact) mass is 390 g/mol. The first-order chi connectivity index (χ1) is 12.5. The van der Waals surface area contributed by atoms with Crippen LogP contribution in [-0.2, 0) is 0 Å². The number of likely N-dealkylation sites (tertiary alicyclic amines) is 1. The standard InChI is InChI=1S/C20H23ClN2O2S/c1-13-6-8-16(15(21)11-13)22-20(26)23-10-4-5-17(23)14-7-9-18(24-2)19(12-14)25-3/h6-9,11-12,17H,4-5,10H2,1-3H3,(H,22,26)/t17-/m1/s1. The smallest absolute Gasteiger partial charge is 0.173 e. The number of hydrogen-bond acceptors (Lipinski definition) is 3. The number of methoxy groups -OCH3 is 2. The van der Waals surface area contributed by atoms with Gasteiger partial charge in [-0.3, -0.25) is 0 Å². The minimum absolute atomic E-state index is 0.207. The van der Waals surface area contributed by atoms with Crippen LogP contribution in [-0.4, -0.2) is 30.8 Å². The van der Waals surface area contributed by atoms with Gasteiger partial charge in [-0.25, -0.2) is 0 Å². The van der Waals surface area contributed by atoms with Crippen molar-refractivity contribution in [3.05, 3.63) is 52.5 Å². The highest BCUT2D eigenvalue weighted by atomic mass is 35.5. The molecule has 0 radical (unpaired) electrons. The molecule has 3 rings (SSSR count). The summed E-state index contributed by atoms with van der Waals surface area (Å²) in [5.41, 5.74) is 3.12. The molecule has 1 fully saturated rings. The van der Waals surface area contributed by atoms with Gasteiger partial charge < -0.3 is 19.7 Å². The lowest BCUT2D eigenvalue weighted by molar-refractivity contribution is 0.351. The van der Waals surface area contributed by atoms with Gasteiger partial charge in [-0.15, -0.1) is 0 Å². The minimum atomic E-state index is 0.207. The summed E-state index contributed by atoms with van der Waals surface area (Å²) in [7, 11) is 3.30. The Bertz CT molecular complexity index is 812. The molecule has 6 heteroatoms. The molecule has 1 aliphatic rings. The number of halogens is 1. The van der Waals surface area contributed by atoms with Crippen molar-refractivity contribution >= 4 is 34.6 Å². The van der Waals surface area contributed by atoms with Crippen molar-refractivity contribution in [2.75, 3.05) is 26.1 Å². The number of nitrogens with zero attached hydrogens (tertiary/aromatic N) is 1. The minimum Gasteiger partial charge on any atom is -0.493 e. The van der Waals surface area contributed by atoms with E-state index in [1.165, 1.54) is 5.56 Å². The van der Waals surface area contributed by atoms with Crippen LogP contribution in [0.3, 0.4) is 0 Å². The third-order valence-corrected chi connectivity index (χ3v) is 5.32. The fourth-order valence-corrected chi connectivity index (χ4v) is 3.94. The van der Waals surface area contributed by atoms with Crippen LogP contribution in [0.5, 0.6) is 11.5 Å². The highest BCUT2D eigenvalue weighted by Gasteiger charge is 2.29. The number of hydrogen-bond donors (Lipinski definition) is 1. The summed E-state index contributed by atoms with van der Waals surface area (Å²) >= 11 is 12.0. The van der Waals surface area contributed by atoms with Crippen LogP contribution in [0.2, 0.25) is 5.02 Å². The van der Waals surface area contributed by atoms with Crippen molar-refractivity contribution in [2.45, 2.75) is 25.8 Å². The second-order valence-electron chi connectivity index (χ2n) is 6.38. The van der Waals surface area contributed by atoms with Gasteiger partial charge >= 0.3 is 0 Å². The fraction of sp³-hybridized carbons (Fsp3) is 0.350. The molecule has 0 aromatic heterocycles. The molecule has 26 heavy (non-hydrogen) atoms. The quantitative estimate of drug-likeness (QED) is 0.725. The number of rotatable bonds is 4. The molecule has 1 atom stereocenters. The molecule has 0 spiro atoms. The Labute approximate surface area is 165 Å². The molecule has 1 aliphatic heterocycles. The van der Waals surface area contributed by atoms with E-state index in [-0.39, 0.29) is 6.04 Å². The second-order valence-corrected chi connectivity index (χ2v) is 7.17. The van der Waals surface area contributed by atoms with E-state index in [9.17, 15) is 0 Å². The van der Waals surface area contributed by atoms with Gasteiger partial charge in [0.25, 0.3) is 0 Å². The molecule has 0 amide bonds. The summed E-state index contributed by atoms with van der Waals surface area (Å²) in [4.78, 5) is 2.22. The predicted octanol–water partition coefficient (Wildman–Crippen LogP) is 5.20. The Morgan fingerprint density at radius 3 is 2.62 bits per heavy atom. The SMILES string of the molecule is COc1ccc([C@H]2CCCN2C(=S)Nc2ccc(C)cc2Cl)cc1OC. The van der Waals surface area contributed by atoms with E-state index in [1.54, 1.807) is 14.2 Å². The second kappa shape index (κ2) is 8.14. The number of ether oxygens (including phenoxy) is 2. The first-order valence-electron chi connectivity index (χ1n) is 8.59. The average Bonchev–Trinajstić information content (AvgIpc) is 3.13. The first kappa shape index (κ1) is 18.8. The number of thiocarbonyl (C=S) groups is 1. The van der Waals surface area contributed by atoms with E-state index in [1.807, 2.05) is 37.3 Å². The van der Waals surface area contributed by atoms with E-state index in [0.717, 1.165) is 42.1 Å². The molecule has 1 heterocycles.